The molecule has 0 radical (unpaired) electrons. The van der Waals surface area contributed by atoms with E-state index in [1.165, 1.54) is 55.3 Å². The summed E-state index contributed by atoms with van der Waals surface area (Å²) in [6.45, 7) is 3.06. The molecule has 3 rings (SSSR count). The van der Waals surface area contributed by atoms with E-state index in [1.807, 2.05) is 0 Å². The van der Waals surface area contributed by atoms with Gasteiger partial charge in [-0.2, -0.15) is 0 Å². The van der Waals surface area contributed by atoms with Crippen molar-refractivity contribution in [3.8, 4) is 0 Å². The van der Waals surface area contributed by atoms with Crippen molar-refractivity contribution < 1.29 is 0 Å². The highest BCUT2D eigenvalue weighted by atomic mass is 15.2. The van der Waals surface area contributed by atoms with Gasteiger partial charge in [0.15, 0.2) is 0 Å². The third-order valence-corrected chi connectivity index (χ3v) is 4.39. The Hall–Kier alpha value is -0.860. The lowest BCUT2D eigenvalue weighted by Gasteiger charge is -2.33. The van der Waals surface area contributed by atoms with Crippen LogP contribution >= 0.6 is 0 Å². The Kier molecular flexibility index (Phi) is 3.17. The summed E-state index contributed by atoms with van der Waals surface area (Å²) in [5, 5.41) is 0. The fourth-order valence-corrected chi connectivity index (χ4v) is 3.34. The van der Waals surface area contributed by atoms with Gasteiger partial charge >= 0.3 is 0 Å². The molecule has 0 amide bonds. The molecular weight excluding hydrogens is 208 g/mol. The first kappa shape index (κ1) is 11.2. The van der Waals surface area contributed by atoms with Gasteiger partial charge in [-0.3, -0.25) is 4.90 Å². The van der Waals surface area contributed by atoms with Crippen LogP contribution in [0.5, 0.6) is 0 Å². The van der Waals surface area contributed by atoms with Gasteiger partial charge in [0.05, 0.1) is 0 Å². The Balaban J connectivity index is 1.78. The minimum atomic E-state index is 0.663. The fraction of sp³-hybridized carbons (Fsp3) is 0.600. The Morgan fingerprint density at radius 2 is 2.00 bits per heavy atom. The maximum atomic E-state index is 5.73. The molecule has 0 bridgehead atoms. The summed E-state index contributed by atoms with van der Waals surface area (Å²) in [4.78, 5) is 2.69. The largest absolute Gasteiger partial charge is 0.326 e. The number of rotatable bonds is 2. The molecule has 1 saturated carbocycles. The molecule has 17 heavy (non-hydrogen) atoms. The van der Waals surface area contributed by atoms with Crippen LogP contribution in [-0.2, 0) is 19.5 Å². The van der Waals surface area contributed by atoms with E-state index in [0.717, 1.165) is 12.6 Å². The van der Waals surface area contributed by atoms with Crippen molar-refractivity contribution in [3.05, 3.63) is 34.9 Å². The van der Waals surface area contributed by atoms with Crippen LogP contribution in [-0.4, -0.2) is 17.5 Å². The molecule has 1 aliphatic heterocycles. The Morgan fingerprint density at radius 1 is 1.18 bits per heavy atom. The summed E-state index contributed by atoms with van der Waals surface area (Å²) >= 11 is 0. The van der Waals surface area contributed by atoms with Gasteiger partial charge in [0.1, 0.15) is 0 Å². The van der Waals surface area contributed by atoms with Gasteiger partial charge in [-0.05, 0) is 36.0 Å². The molecule has 1 heterocycles. The molecular formula is C15H22N2. The summed E-state index contributed by atoms with van der Waals surface area (Å²) in [6, 6.07) is 7.63. The third kappa shape index (κ3) is 2.24. The zero-order chi connectivity index (χ0) is 11.7. The van der Waals surface area contributed by atoms with Crippen LogP contribution in [0.4, 0.5) is 0 Å². The van der Waals surface area contributed by atoms with Crippen molar-refractivity contribution in [1.29, 1.82) is 0 Å². The fourth-order valence-electron chi connectivity index (χ4n) is 3.34. The van der Waals surface area contributed by atoms with E-state index in [4.69, 9.17) is 5.73 Å². The first-order chi connectivity index (χ1) is 8.36. The molecule has 2 nitrogen and oxygen atoms in total. The van der Waals surface area contributed by atoms with Gasteiger partial charge in [-0.25, -0.2) is 0 Å². The predicted octanol–water partition coefficient (Wildman–Crippen LogP) is 2.45. The minimum absolute atomic E-state index is 0.663. The van der Waals surface area contributed by atoms with Gasteiger partial charge in [0.2, 0.25) is 0 Å². The van der Waals surface area contributed by atoms with Crippen molar-refractivity contribution in [2.45, 2.75) is 51.2 Å². The topological polar surface area (TPSA) is 29.3 Å². The van der Waals surface area contributed by atoms with Crippen molar-refractivity contribution >= 4 is 0 Å². The SMILES string of the molecule is NCc1ccc2c(c1)CN(C1CCCC1)CC2. The van der Waals surface area contributed by atoms with Gasteiger partial charge in [-0.15, -0.1) is 0 Å². The molecule has 2 N–H and O–H groups in total. The molecule has 1 aromatic rings. The molecule has 0 saturated heterocycles. The molecule has 0 unspecified atom stereocenters. The van der Waals surface area contributed by atoms with Crippen LogP contribution in [0.25, 0.3) is 0 Å². The molecule has 1 fully saturated rings. The zero-order valence-corrected chi connectivity index (χ0v) is 10.5. The highest BCUT2D eigenvalue weighted by Gasteiger charge is 2.25. The molecule has 0 spiro atoms. The zero-order valence-electron chi connectivity index (χ0n) is 10.5. The summed E-state index contributed by atoms with van der Waals surface area (Å²) in [5.74, 6) is 0. The number of fused-ring (bicyclic) bond motifs is 1. The quantitative estimate of drug-likeness (QED) is 0.845. The maximum Gasteiger partial charge on any atom is 0.0239 e. The first-order valence-electron chi connectivity index (χ1n) is 6.91. The lowest BCUT2D eigenvalue weighted by atomic mass is 9.96. The number of nitrogens with zero attached hydrogens (tertiary/aromatic N) is 1. The number of hydrogen-bond donors (Lipinski definition) is 1. The average Bonchev–Trinajstić information content (AvgIpc) is 2.91. The second-order valence-electron chi connectivity index (χ2n) is 5.47. The Morgan fingerprint density at radius 3 is 2.76 bits per heavy atom. The van der Waals surface area contributed by atoms with E-state index in [1.54, 1.807) is 0 Å². The summed E-state index contributed by atoms with van der Waals surface area (Å²) in [5.41, 5.74) is 10.1. The predicted molar refractivity (Wildman–Crippen MR) is 70.7 cm³/mol. The molecule has 0 atom stereocenters. The van der Waals surface area contributed by atoms with E-state index < -0.39 is 0 Å². The van der Waals surface area contributed by atoms with Gasteiger partial charge < -0.3 is 5.73 Å². The van der Waals surface area contributed by atoms with Gasteiger partial charge in [0.25, 0.3) is 0 Å². The lowest BCUT2D eigenvalue weighted by molar-refractivity contribution is 0.181. The van der Waals surface area contributed by atoms with Crippen LogP contribution in [0.3, 0.4) is 0 Å². The van der Waals surface area contributed by atoms with Crippen molar-refractivity contribution in [2.75, 3.05) is 6.54 Å². The van der Waals surface area contributed by atoms with E-state index in [9.17, 15) is 0 Å². The molecule has 2 heteroatoms. The summed E-state index contributed by atoms with van der Waals surface area (Å²) in [7, 11) is 0. The van der Waals surface area contributed by atoms with Gasteiger partial charge in [-0.1, -0.05) is 31.0 Å². The standard InChI is InChI=1S/C15H22N2/c16-10-12-5-6-13-7-8-17(11-14(13)9-12)15-3-1-2-4-15/h5-6,9,15H,1-4,7-8,10-11,16H2. The van der Waals surface area contributed by atoms with Crippen LogP contribution in [0.15, 0.2) is 18.2 Å². The molecule has 92 valence electrons. The van der Waals surface area contributed by atoms with Crippen molar-refractivity contribution in [2.24, 2.45) is 5.73 Å². The second kappa shape index (κ2) is 4.79. The molecule has 0 aromatic heterocycles. The van der Waals surface area contributed by atoms with Crippen molar-refractivity contribution in [1.82, 2.24) is 4.90 Å². The summed E-state index contributed by atoms with van der Waals surface area (Å²) in [6.07, 6.45) is 6.89. The minimum Gasteiger partial charge on any atom is -0.326 e. The van der Waals surface area contributed by atoms with E-state index in [0.29, 0.717) is 6.54 Å². The Labute approximate surface area is 104 Å². The average molecular weight is 230 g/mol. The van der Waals surface area contributed by atoms with Crippen LogP contribution in [0.1, 0.15) is 42.4 Å². The molecule has 1 aliphatic carbocycles. The Bertz CT molecular complexity index is 394. The third-order valence-electron chi connectivity index (χ3n) is 4.39. The number of hydrogen-bond acceptors (Lipinski definition) is 2. The normalized spacial score (nSPS) is 21.7. The molecule has 2 aliphatic rings. The second-order valence-corrected chi connectivity index (χ2v) is 5.47. The van der Waals surface area contributed by atoms with E-state index >= 15 is 0 Å². The van der Waals surface area contributed by atoms with Crippen molar-refractivity contribution in [3.63, 3.8) is 0 Å². The van der Waals surface area contributed by atoms with E-state index in [-0.39, 0.29) is 0 Å². The smallest absolute Gasteiger partial charge is 0.0239 e. The number of benzene rings is 1. The first-order valence-corrected chi connectivity index (χ1v) is 6.91. The molecule has 1 aromatic carbocycles. The van der Waals surface area contributed by atoms with Crippen LogP contribution in [0.2, 0.25) is 0 Å². The summed E-state index contributed by atoms with van der Waals surface area (Å²) < 4.78 is 0. The number of nitrogens with two attached hydrogens (primary N) is 1. The maximum absolute atomic E-state index is 5.73. The monoisotopic (exact) mass is 230 g/mol. The van der Waals surface area contributed by atoms with Crippen LogP contribution in [0, 0.1) is 0 Å². The van der Waals surface area contributed by atoms with Crippen LogP contribution < -0.4 is 5.73 Å². The van der Waals surface area contributed by atoms with Gasteiger partial charge in [0, 0.05) is 25.7 Å². The highest BCUT2D eigenvalue weighted by Crippen LogP contribution is 2.28. The van der Waals surface area contributed by atoms with E-state index in [2.05, 4.69) is 23.1 Å². The lowest BCUT2D eigenvalue weighted by Crippen LogP contribution is -2.37. The highest BCUT2D eigenvalue weighted by molar-refractivity contribution is 5.33.